The summed E-state index contributed by atoms with van der Waals surface area (Å²) in [5, 5.41) is 4.20. The first kappa shape index (κ1) is 16.2. The largest absolute Gasteiger partial charge is 0.327 e. The van der Waals surface area contributed by atoms with Crippen molar-refractivity contribution in [3.05, 3.63) is 53.3 Å². The number of nitrogens with zero attached hydrogens (tertiary/aromatic N) is 4. The molecule has 0 aliphatic carbocycles. The Balaban J connectivity index is 1.73. The Morgan fingerprint density at radius 2 is 1.88 bits per heavy atom. The number of aromatic nitrogens is 2. The molecular weight excluding hydrogens is 304 g/mol. The lowest BCUT2D eigenvalue weighted by Gasteiger charge is -2.38. The highest BCUT2D eigenvalue weighted by Gasteiger charge is 2.36. The van der Waals surface area contributed by atoms with Gasteiger partial charge in [0.15, 0.2) is 0 Å². The number of benzene rings is 1. The summed E-state index contributed by atoms with van der Waals surface area (Å²) in [5.41, 5.74) is 3.01. The van der Waals surface area contributed by atoms with Gasteiger partial charge in [0.2, 0.25) is 11.8 Å². The Morgan fingerprint density at radius 3 is 2.50 bits per heavy atom. The second-order valence-corrected chi connectivity index (χ2v) is 6.26. The lowest BCUT2D eigenvalue weighted by molar-refractivity contribution is -0.156. The second-order valence-electron chi connectivity index (χ2n) is 6.26. The Labute approximate surface area is 141 Å². The fourth-order valence-corrected chi connectivity index (χ4v) is 2.99. The van der Waals surface area contributed by atoms with Gasteiger partial charge in [-0.15, -0.1) is 0 Å². The van der Waals surface area contributed by atoms with Crippen LogP contribution in [0.25, 0.3) is 0 Å². The third-order valence-corrected chi connectivity index (χ3v) is 4.68. The average Bonchev–Trinajstić information content (AvgIpc) is 2.89. The van der Waals surface area contributed by atoms with Crippen molar-refractivity contribution in [2.45, 2.75) is 33.0 Å². The number of hydrogen-bond donors (Lipinski definition) is 0. The zero-order valence-corrected chi connectivity index (χ0v) is 14.3. The topological polar surface area (TPSA) is 58.4 Å². The van der Waals surface area contributed by atoms with Crippen LogP contribution in [0.5, 0.6) is 0 Å². The van der Waals surface area contributed by atoms with Crippen LogP contribution >= 0.6 is 0 Å². The van der Waals surface area contributed by atoms with E-state index in [1.54, 1.807) is 27.6 Å². The monoisotopic (exact) mass is 326 g/mol. The number of aryl methyl sites for hydroxylation is 1. The summed E-state index contributed by atoms with van der Waals surface area (Å²) in [6.07, 6.45) is 1.76. The van der Waals surface area contributed by atoms with Gasteiger partial charge in [0.1, 0.15) is 12.6 Å². The molecule has 0 N–H and O–H groups in total. The van der Waals surface area contributed by atoms with Crippen molar-refractivity contribution >= 4 is 11.8 Å². The lowest BCUT2D eigenvalue weighted by Crippen LogP contribution is -2.58. The summed E-state index contributed by atoms with van der Waals surface area (Å²) in [4.78, 5) is 28.5. The second kappa shape index (κ2) is 6.47. The zero-order chi connectivity index (χ0) is 17.3. The first-order valence-corrected chi connectivity index (χ1v) is 8.07. The molecule has 2 heterocycles. The van der Waals surface area contributed by atoms with Gasteiger partial charge in [0, 0.05) is 31.4 Å². The van der Waals surface area contributed by atoms with Crippen LogP contribution in [-0.2, 0) is 29.7 Å². The molecule has 1 fully saturated rings. The molecule has 1 aliphatic rings. The molecular formula is C18H22N4O2. The van der Waals surface area contributed by atoms with Crippen molar-refractivity contribution in [2.24, 2.45) is 7.05 Å². The van der Waals surface area contributed by atoms with Crippen LogP contribution in [0.2, 0.25) is 0 Å². The maximum atomic E-state index is 12.7. The number of amides is 2. The van der Waals surface area contributed by atoms with Crippen molar-refractivity contribution < 1.29 is 9.59 Å². The van der Waals surface area contributed by atoms with Crippen LogP contribution in [0, 0.1) is 6.92 Å². The standard InChI is InChI=1S/C18H22N4O2/c1-13-16(9-19-20(13)3)11-22-14(2)18(24)21(12-17(22)23)10-15-7-5-4-6-8-15/h4-9,14H,10-12H2,1-3H3/t14-/m1/s1. The average molecular weight is 326 g/mol. The molecule has 0 unspecified atom stereocenters. The summed E-state index contributed by atoms with van der Waals surface area (Å²) in [7, 11) is 1.87. The molecule has 0 bridgehead atoms. The van der Waals surface area contributed by atoms with E-state index >= 15 is 0 Å². The SMILES string of the molecule is Cc1c(CN2C(=O)CN(Cc3ccccc3)C(=O)[C@H]2C)cnn1C. The minimum Gasteiger partial charge on any atom is -0.327 e. The third-order valence-electron chi connectivity index (χ3n) is 4.68. The van der Waals surface area contributed by atoms with Crippen LogP contribution in [0.3, 0.4) is 0 Å². The fraction of sp³-hybridized carbons (Fsp3) is 0.389. The molecule has 1 aromatic heterocycles. The molecule has 2 aromatic rings. The van der Waals surface area contributed by atoms with Crippen molar-refractivity contribution in [3.63, 3.8) is 0 Å². The number of hydrogen-bond acceptors (Lipinski definition) is 3. The van der Waals surface area contributed by atoms with E-state index in [1.807, 2.05) is 44.3 Å². The van der Waals surface area contributed by atoms with E-state index in [4.69, 9.17) is 0 Å². The van der Waals surface area contributed by atoms with Gasteiger partial charge in [-0.1, -0.05) is 30.3 Å². The Morgan fingerprint density at radius 1 is 1.17 bits per heavy atom. The molecule has 1 saturated heterocycles. The van der Waals surface area contributed by atoms with Crippen molar-refractivity contribution in [2.75, 3.05) is 6.54 Å². The molecule has 0 saturated carbocycles. The van der Waals surface area contributed by atoms with Crippen LogP contribution in [-0.4, -0.2) is 44.0 Å². The van der Waals surface area contributed by atoms with Gasteiger partial charge < -0.3 is 9.80 Å². The van der Waals surface area contributed by atoms with Crippen LogP contribution in [0.1, 0.15) is 23.7 Å². The number of rotatable bonds is 4. The van der Waals surface area contributed by atoms with E-state index in [0.29, 0.717) is 13.1 Å². The van der Waals surface area contributed by atoms with Crippen LogP contribution in [0.4, 0.5) is 0 Å². The Hall–Kier alpha value is -2.63. The highest BCUT2D eigenvalue weighted by molar-refractivity contribution is 5.94. The Kier molecular flexibility index (Phi) is 4.38. The molecule has 6 nitrogen and oxygen atoms in total. The maximum Gasteiger partial charge on any atom is 0.245 e. The predicted octanol–water partition coefficient (Wildman–Crippen LogP) is 1.49. The van der Waals surface area contributed by atoms with Gasteiger partial charge >= 0.3 is 0 Å². The number of carbonyl (C=O) groups is 2. The minimum absolute atomic E-state index is 0.0139. The first-order valence-electron chi connectivity index (χ1n) is 8.07. The molecule has 3 rings (SSSR count). The minimum atomic E-state index is -0.463. The van der Waals surface area contributed by atoms with E-state index in [1.165, 1.54) is 0 Å². The molecule has 1 atom stereocenters. The predicted molar refractivity (Wildman–Crippen MR) is 89.8 cm³/mol. The molecule has 126 valence electrons. The molecule has 1 aliphatic heterocycles. The number of carbonyl (C=O) groups excluding carboxylic acids is 2. The zero-order valence-electron chi connectivity index (χ0n) is 14.3. The van der Waals surface area contributed by atoms with Gasteiger partial charge in [0.25, 0.3) is 0 Å². The van der Waals surface area contributed by atoms with Crippen molar-refractivity contribution in [1.29, 1.82) is 0 Å². The summed E-state index contributed by atoms with van der Waals surface area (Å²) < 4.78 is 1.78. The summed E-state index contributed by atoms with van der Waals surface area (Å²) in [5.74, 6) is -0.0405. The molecule has 24 heavy (non-hydrogen) atoms. The quantitative estimate of drug-likeness (QED) is 0.855. The van der Waals surface area contributed by atoms with E-state index in [0.717, 1.165) is 16.8 Å². The van der Waals surface area contributed by atoms with Gasteiger partial charge in [-0.05, 0) is 19.4 Å². The Bertz CT molecular complexity index is 754. The fourth-order valence-electron chi connectivity index (χ4n) is 2.99. The van der Waals surface area contributed by atoms with E-state index in [-0.39, 0.29) is 18.4 Å². The smallest absolute Gasteiger partial charge is 0.245 e. The summed E-state index contributed by atoms with van der Waals surface area (Å²) >= 11 is 0. The normalized spacial score (nSPS) is 18.4. The molecule has 0 spiro atoms. The van der Waals surface area contributed by atoms with Crippen LogP contribution < -0.4 is 0 Å². The van der Waals surface area contributed by atoms with Crippen molar-refractivity contribution in [1.82, 2.24) is 19.6 Å². The van der Waals surface area contributed by atoms with Crippen LogP contribution in [0.15, 0.2) is 36.5 Å². The first-order chi connectivity index (χ1) is 11.5. The van der Waals surface area contributed by atoms with Crippen molar-refractivity contribution in [3.8, 4) is 0 Å². The van der Waals surface area contributed by atoms with Gasteiger partial charge in [0.05, 0.1) is 6.20 Å². The molecule has 1 aromatic carbocycles. The highest BCUT2D eigenvalue weighted by atomic mass is 16.2. The van der Waals surface area contributed by atoms with E-state index in [2.05, 4.69) is 5.10 Å². The molecule has 2 amide bonds. The lowest BCUT2D eigenvalue weighted by atomic mass is 10.1. The molecule has 6 heteroatoms. The summed E-state index contributed by atoms with van der Waals surface area (Å²) in [6, 6.07) is 9.28. The summed E-state index contributed by atoms with van der Waals surface area (Å²) in [6.45, 7) is 4.77. The van der Waals surface area contributed by atoms with Gasteiger partial charge in [-0.25, -0.2) is 0 Å². The third kappa shape index (κ3) is 3.04. The molecule has 0 radical (unpaired) electrons. The maximum absolute atomic E-state index is 12.7. The number of piperazine rings is 1. The van der Waals surface area contributed by atoms with E-state index < -0.39 is 6.04 Å². The van der Waals surface area contributed by atoms with E-state index in [9.17, 15) is 9.59 Å². The highest BCUT2D eigenvalue weighted by Crippen LogP contribution is 2.19. The van der Waals surface area contributed by atoms with Gasteiger partial charge in [-0.3, -0.25) is 14.3 Å². The van der Waals surface area contributed by atoms with Gasteiger partial charge in [-0.2, -0.15) is 5.10 Å².